The zero-order valence-electron chi connectivity index (χ0n) is 9.28. The van der Waals surface area contributed by atoms with Gasteiger partial charge in [0.25, 0.3) is 0 Å². The van der Waals surface area contributed by atoms with Crippen LogP contribution in [0.15, 0.2) is 42.5 Å². The molecule has 0 aliphatic heterocycles. The number of benzene rings is 2. The SMILES string of the molecule is NC(=S)c1ccc(Nc2ccc(Cl)cc2)c(F)c1. The third kappa shape index (κ3) is 2.97. The Kier molecular flexibility index (Phi) is 3.79. The van der Waals surface area contributed by atoms with Crippen LogP contribution in [0.25, 0.3) is 0 Å². The van der Waals surface area contributed by atoms with Crippen molar-refractivity contribution in [3.63, 3.8) is 0 Å². The minimum atomic E-state index is -0.407. The first kappa shape index (κ1) is 12.8. The summed E-state index contributed by atoms with van der Waals surface area (Å²) in [6.07, 6.45) is 0. The predicted octanol–water partition coefficient (Wildman–Crippen LogP) is 3.86. The van der Waals surface area contributed by atoms with E-state index in [1.54, 1.807) is 36.4 Å². The fourth-order valence-corrected chi connectivity index (χ4v) is 1.71. The van der Waals surface area contributed by atoms with Crippen molar-refractivity contribution >= 4 is 40.2 Å². The molecular formula is C13H10ClFN2S. The van der Waals surface area contributed by atoms with Crippen molar-refractivity contribution in [2.45, 2.75) is 0 Å². The highest BCUT2D eigenvalue weighted by atomic mass is 35.5. The van der Waals surface area contributed by atoms with Crippen molar-refractivity contribution in [2.24, 2.45) is 5.73 Å². The van der Waals surface area contributed by atoms with E-state index in [0.717, 1.165) is 5.69 Å². The van der Waals surface area contributed by atoms with Crippen molar-refractivity contribution < 1.29 is 4.39 Å². The van der Waals surface area contributed by atoms with Crippen LogP contribution in [0.4, 0.5) is 15.8 Å². The lowest BCUT2D eigenvalue weighted by Crippen LogP contribution is -2.09. The van der Waals surface area contributed by atoms with Gasteiger partial charge in [-0.1, -0.05) is 23.8 Å². The smallest absolute Gasteiger partial charge is 0.147 e. The lowest BCUT2D eigenvalue weighted by atomic mass is 10.2. The second-order valence-electron chi connectivity index (χ2n) is 3.69. The molecule has 0 unspecified atom stereocenters. The molecule has 2 aromatic rings. The van der Waals surface area contributed by atoms with Gasteiger partial charge in [0.05, 0.1) is 5.69 Å². The molecule has 0 aliphatic carbocycles. The molecule has 92 valence electrons. The summed E-state index contributed by atoms with van der Waals surface area (Å²) in [5.74, 6) is -0.407. The minimum absolute atomic E-state index is 0.173. The quantitative estimate of drug-likeness (QED) is 0.839. The zero-order valence-corrected chi connectivity index (χ0v) is 10.9. The lowest BCUT2D eigenvalue weighted by Gasteiger charge is -2.08. The van der Waals surface area contributed by atoms with E-state index in [1.807, 2.05) is 0 Å². The van der Waals surface area contributed by atoms with Crippen molar-refractivity contribution in [1.29, 1.82) is 0 Å². The lowest BCUT2D eigenvalue weighted by molar-refractivity contribution is 0.631. The number of rotatable bonds is 3. The number of anilines is 2. The molecule has 0 amide bonds. The molecule has 0 saturated heterocycles. The highest BCUT2D eigenvalue weighted by Gasteiger charge is 2.05. The summed E-state index contributed by atoms with van der Waals surface area (Å²) in [6.45, 7) is 0. The predicted molar refractivity (Wildman–Crippen MR) is 77.0 cm³/mol. The van der Waals surface area contributed by atoms with Gasteiger partial charge in [-0.15, -0.1) is 0 Å². The fourth-order valence-electron chi connectivity index (χ4n) is 1.46. The Morgan fingerprint density at radius 3 is 2.39 bits per heavy atom. The third-order valence-electron chi connectivity index (χ3n) is 2.38. The number of nitrogens with two attached hydrogens (primary N) is 1. The van der Waals surface area contributed by atoms with Gasteiger partial charge < -0.3 is 11.1 Å². The Morgan fingerprint density at radius 1 is 1.17 bits per heavy atom. The van der Waals surface area contributed by atoms with Gasteiger partial charge in [0.15, 0.2) is 0 Å². The van der Waals surface area contributed by atoms with Crippen molar-refractivity contribution in [3.8, 4) is 0 Å². The molecule has 0 fully saturated rings. The molecule has 0 radical (unpaired) electrons. The van der Waals surface area contributed by atoms with Crippen LogP contribution in [0.2, 0.25) is 5.02 Å². The molecule has 0 aromatic heterocycles. The van der Waals surface area contributed by atoms with Crippen LogP contribution in [-0.4, -0.2) is 4.99 Å². The zero-order chi connectivity index (χ0) is 13.1. The second-order valence-corrected chi connectivity index (χ2v) is 4.57. The van der Waals surface area contributed by atoms with E-state index in [2.05, 4.69) is 5.32 Å². The average Bonchev–Trinajstić information content (AvgIpc) is 2.34. The van der Waals surface area contributed by atoms with Crippen LogP contribution in [0.5, 0.6) is 0 Å². The van der Waals surface area contributed by atoms with Gasteiger partial charge >= 0.3 is 0 Å². The topological polar surface area (TPSA) is 38.0 Å². The van der Waals surface area contributed by atoms with Gasteiger partial charge in [0.1, 0.15) is 10.8 Å². The molecule has 5 heteroatoms. The summed E-state index contributed by atoms with van der Waals surface area (Å²) in [4.78, 5) is 0.173. The number of thiocarbonyl (C=S) groups is 1. The molecule has 0 saturated carbocycles. The van der Waals surface area contributed by atoms with Crippen molar-refractivity contribution in [2.75, 3.05) is 5.32 Å². The number of hydrogen-bond acceptors (Lipinski definition) is 2. The summed E-state index contributed by atoms with van der Waals surface area (Å²) in [5, 5.41) is 3.58. The molecule has 3 N–H and O–H groups in total. The Labute approximate surface area is 115 Å². The van der Waals surface area contributed by atoms with Crippen LogP contribution in [0.3, 0.4) is 0 Å². The third-order valence-corrected chi connectivity index (χ3v) is 2.86. The van der Waals surface area contributed by atoms with Gasteiger partial charge in [-0.2, -0.15) is 0 Å². The van der Waals surface area contributed by atoms with Gasteiger partial charge in [-0.25, -0.2) is 4.39 Å². The van der Waals surface area contributed by atoms with Crippen LogP contribution in [0, 0.1) is 5.82 Å². The number of hydrogen-bond donors (Lipinski definition) is 2. The largest absolute Gasteiger partial charge is 0.389 e. The van der Waals surface area contributed by atoms with E-state index < -0.39 is 5.82 Å². The van der Waals surface area contributed by atoms with Gasteiger partial charge in [-0.05, 0) is 42.5 Å². The van der Waals surface area contributed by atoms with Crippen molar-refractivity contribution in [1.82, 2.24) is 0 Å². The average molecular weight is 281 g/mol. The maximum absolute atomic E-state index is 13.8. The Hall–Kier alpha value is -1.65. The van der Waals surface area contributed by atoms with Crippen LogP contribution in [-0.2, 0) is 0 Å². The number of nitrogens with one attached hydrogen (secondary N) is 1. The molecule has 2 aromatic carbocycles. The van der Waals surface area contributed by atoms with E-state index in [-0.39, 0.29) is 4.99 Å². The first-order valence-corrected chi connectivity index (χ1v) is 5.97. The molecule has 18 heavy (non-hydrogen) atoms. The highest BCUT2D eigenvalue weighted by Crippen LogP contribution is 2.22. The normalized spacial score (nSPS) is 10.1. The molecule has 0 bridgehead atoms. The summed E-state index contributed by atoms with van der Waals surface area (Å²) in [7, 11) is 0. The van der Waals surface area contributed by atoms with E-state index in [1.165, 1.54) is 6.07 Å². The molecule has 2 nitrogen and oxygen atoms in total. The Morgan fingerprint density at radius 2 is 1.83 bits per heavy atom. The Bertz CT molecular complexity index is 584. The monoisotopic (exact) mass is 280 g/mol. The molecule has 0 aliphatic rings. The summed E-state index contributed by atoms with van der Waals surface area (Å²) in [5.41, 5.74) is 7.05. The number of halogens is 2. The second kappa shape index (κ2) is 5.33. The van der Waals surface area contributed by atoms with Crippen LogP contribution >= 0.6 is 23.8 Å². The fraction of sp³-hybridized carbons (Fsp3) is 0. The highest BCUT2D eigenvalue weighted by molar-refractivity contribution is 7.80. The standard InChI is InChI=1S/C13H10ClFN2S/c14-9-2-4-10(5-3-9)17-12-6-1-8(13(16)18)7-11(12)15/h1-7,17H,(H2,16,18). The van der Waals surface area contributed by atoms with E-state index >= 15 is 0 Å². The van der Waals surface area contributed by atoms with E-state index in [4.69, 9.17) is 29.6 Å². The summed E-state index contributed by atoms with van der Waals surface area (Å²) >= 11 is 10.6. The van der Waals surface area contributed by atoms with Gasteiger partial charge in [0, 0.05) is 16.3 Å². The van der Waals surface area contributed by atoms with Crippen LogP contribution < -0.4 is 11.1 Å². The molecule has 0 atom stereocenters. The Balaban J connectivity index is 2.24. The van der Waals surface area contributed by atoms with Gasteiger partial charge in [-0.3, -0.25) is 0 Å². The first-order valence-electron chi connectivity index (χ1n) is 5.18. The summed E-state index contributed by atoms with van der Waals surface area (Å²) in [6, 6.07) is 11.6. The minimum Gasteiger partial charge on any atom is -0.389 e. The first-order chi connectivity index (χ1) is 8.56. The molecule has 2 rings (SSSR count). The molecule has 0 spiro atoms. The van der Waals surface area contributed by atoms with E-state index in [9.17, 15) is 4.39 Å². The molecule has 0 heterocycles. The summed E-state index contributed by atoms with van der Waals surface area (Å²) < 4.78 is 13.8. The van der Waals surface area contributed by atoms with Crippen LogP contribution in [0.1, 0.15) is 5.56 Å². The maximum atomic E-state index is 13.8. The maximum Gasteiger partial charge on any atom is 0.147 e. The molecular weight excluding hydrogens is 271 g/mol. The van der Waals surface area contributed by atoms with Gasteiger partial charge in [0.2, 0.25) is 0 Å². The van der Waals surface area contributed by atoms with Crippen molar-refractivity contribution in [3.05, 3.63) is 58.9 Å². The van der Waals surface area contributed by atoms with E-state index in [0.29, 0.717) is 16.3 Å².